The summed E-state index contributed by atoms with van der Waals surface area (Å²) >= 11 is 0. The third kappa shape index (κ3) is 3.99. The molecule has 1 N–H and O–H groups in total. The lowest BCUT2D eigenvalue weighted by molar-refractivity contribution is -0.164. The molecule has 15 heavy (non-hydrogen) atoms. The molecular weight excluding hydrogens is 196 g/mol. The fraction of sp³-hybridized carbons (Fsp3) is 0.364. The number of esters is 1. The van der Waals surface area contributed by atoms with Crippen molar-refractivity contribution in [2.45, 2.75) is 26.2 Å². The lowest BCUT2D eigenvalue weighted by Gasteiger charge is -2.19. The van der Waals surface area contributed by atoms with E-state index in [0.29, 0.717) is 5.75 Å². The number of rotatable bonds is 4. The van der Waals surface area contributed by atoms with Gasteiger partial charge in [-0.05, 0) is 19.1 Å². The van der Waals surface area contributed by atoms with Crippen LogP contribution in [0.3, 0.4) is 0 Å². The van der Waals surface area contributed by atoms with Gasteiger partial charge in [0, 0.05) is 6.92 Å². The summed E-state index contributed by atoms with van der Waals surface area (Å²) in [5, 5.41) is 9.52. The van der Waals surface area contributed by atoms with Gasteiger partial charge >= 0.3 is 5.97 Å². The van der Waals surface area contributed by atoms with Crippen LogP contribution in [0.2, 0.25) is 0 Å². The van der Waals surface area contributed by atoms with Crippen molar-refractivity contribution >= 4 is 5.97 Å². The summed E-state index contributed by atoms with van der Waals surface area (Å²) in [4.78, 5) is 10.6. The van der Waals surface area contributed by atoms with Crippen LogP contribution in [0.5, 0.6) is 5.75 Å². The minimum Gasteiger partial charge on any atom is -0.461 e. The van der Waals surface area contributed by atoms with Gasteiger partial charge in [-0.3, -0.25) is 4.79 Å². The predicted octanol–water partition coefficient (Wildman–Crippen LogP) is 1.34. The number of hydrogen-bond acceptors (Lipinski definition) is 4. The number of hydrogen-bond donors (Lipinski definition) is 1. The Morgan fingerprint density at radius 2 is 1.93 bits per heavy atom. The van der Waals surface area contributed by atoms with Crippen LogP contribution in [0.25, 0.3) is 0 Å². The molecule has 4 nitrogen and oxygen atoms in total. The molecule has 0 aromatic heterocycles. The third-order valence-corrected chi connectivity index (χ3v) is 1.75. The molecule has 2 atom stereocenters. The quantitative estimate of drug-likeness (QED) is 0.601. The van der Waals surface area contributed by atoms with E-state index in [1.807, 2.05) is 6.07 Å². The van der Waals surface area contributed by atoms with Crippen molar-refractivity contribution in [1.29, 1.82) is 0 Å². The summed E-state index contributed by atoms with van der Waals surface area (Å²) in [6.07, 6.45) is -1.85. The zero-order valence-corrected chi connectivity index (χ0v) is 8.71. The zero-order chi connectivity index (χ0) is 11.3. The standard InChI is InChI=1S/C11H14O4/c1-8(14-9(2)12)11(13)15-10-6-4-3-5-7-10/h3-8,11,13H,1-2H3. The molecule has 0 radical (unpaired) electrons. The van der Waals surface area contributed by atoms with Crippen molar-refractivity contribution in [2.75, 3.05) is 0 Å². The molecule has 0 bridgehead atoms. The van der Waals surface area contributed by atoms with Gasteiger partial charge in [0.25, 0.3) is 0 Å². The third-order valence-electron chi connectivity index (χ3n) is 1.75. The summed E-state index contributed by atoms with van der Waals surface area (Å²) < 4.78 is 9.93. The first-order valence-corrected chi connectivity index (χ1v) is 4.66. The average Bonchev–Trinajstić information content (AvgIpc) is 2.18. The van der Waals surface area contributed by atoms with E-state index in [1.165, 1.54) is 6.92 Å². The summed E-state index contributed by atoms with van der Waals surface area (Å²) in [5.74, 6) is 0.0854. The minimum atomic E-state index is -1.16. The molecule has 0 saturated heterocycles. The Balaban J connectivity index is 2.48. The van der Waals surface area contributed by atoms with E-state index in [4.69, 9.17) is 9.47 Å². The summed E-state index contributed by atoms with van der Waals surface area (Å²) in [7, 11) is 0. The highest BCUT2D eigenvalue weighted by Gasteiger charge is 2.18. The smallest absolute Gasteiger partial charge is 0.303 e. The average molecular weight is 210 g/mol. The number of aliphatic hydroxyl groups excluding tert-OH is 1. The van der Waals surface area contributed by atoms with Crippen molar-refractivity contribution in [2.24, 2.45) is 0 Å². The number of para-hydroxylation sites is 1. The van der Waals surface area contributed by atoms with Crippen LogP contribution in [0.1, 0.15) is 13.8 Å². The largest absolute Gasteiger partial charge is 0.461 e. The maximum absolute atomic E-state index is 10.6. The van der Waals surface area contributed by atoms with E-state index >= 15 is 0 Å². The second-order valence-electron chi connectivity index (χ2n) is 3.14. The Labute approximate surface area is 88.4 Å². The van der Waals surface area contributed by atoms with Gasteiger partial charge < -0.3 is 14.6 Å². The zero-order valence-electron chi connectivity index (χ0n) is 8.71. The molecule has 82 valence electrons. The van der Waals surface area contributed by atoms with E-state index < -0.39 is 18.4 Å². The van der Waals surface area contributed by atoms with Crippen LogP contribution in [-0.2, 0) is 9.53 Å². The number of benzene rings is 1. The van der Waals surface area contributed by atoms with Crippen LogP contribution in [0.15, 0.2) is 30.3 Å². The molecule has 0 amide bonds. The first-order valence-electron chi connectivity index (χ1n) is 4.66. The highest BCUT2D eigenvalue weighted by atomic mass is 16.6. The van der Waals surface area contributed by atoms with Crippen LogP contribution in [0.4, 0.5) is 0 Å². The summed E-state index contributed by atoms with van der Waals surface area (Å²) in [6.45, 7) is 2.85. The maximum Gasteiger partial charge on any atom is 0.303 e. The number of aliphatic hydroxyl groups is 1. The van der Waals surface area contributed by atoms with Gasteiger partial charge in [0.2, 0.25) is 6.29 Å². The first kappa shape index (κ1) is 11.5. The number of carbonyl (C=O) groups excluding carboxylic acids is 1. The Morgan fingerprint density at radius 3 is 2.47 bits per heavy atom. The van der Waals surface area contributed by atoms with Gasteiger partial charge in [-0.2, -0.15) is 0 Å². The Morgan fingerprint density at radius 1 is 1.33 bits per heavy atom. The second kappa shape index (κ2) is 5.36. The van der Waals surface area contributed by atoms with E-state index in [9.17, 15) is 9.90 Å². The molecular formula is C11H14O4. The molecule has 0 fully saturated rings. The highest BCUT2D eigenvalue weighted by molar-refractivity contribution is 5.66. The molecule has 0 heterocycles. The van der Waals surface area contributed by atoms with E-state index in [1.54, 1.807) is 31.2 Å². The van der Waals surface area contributed by atoms with Crippen molar-refractivity contribution in [3.63, 3.8) is 0 Å². The summed E-state index contributed by atoms with van der Waals surface area (Å²) in [6, 6.07) is 8.85. The lowest BCUT2D eigenvalue weighted by Crippen LogP contribution is -2.32. The molecule has 1 aromatic rings. The number of ether oxygens (including phenoxy) is 2. The molecule has 1 aromatic carbocycles. The molecule has 0 aliphatic carbocycles. The van der Waals surface area contributed by atoms with Crippen molar-refractivity contribution < 1.29 is 19.4 Å². The highest BCUT2D eigenvalue weighted by Crippen LogP contribution is 2.12. The topological polar surface area (TPSA) is 55.8 Å². The van der Waals surface area contributed by atoms with Gasteiger partial charge in [-0.15, -0.1) is 0 Å². The lowest BCUT2D eigenvalue weighted by atomic mass is 10.3. The maximum atomic E-state index is 10.6. The van der Waals surface area contributed by atoms with E-state index in [2.05, 4.69) is 0 Å². The molecule has 0 saturated carbocycles. The van der Waals surface area contributed by atoms with Crippen molar-refractivity contribution in [3.05, 3.63) is 30.3 Å². The van der Waals surface area contributed by atoms with Crippen molar-refractivity contribution in [3.8, 4) is 5.75 Å². The monoisotopic (exact) mass is 210 g/mol. The van der Waals surface area contributed by atoms with Gasteiger partial charge in [0.15, 0.2) is 6.10 Å². The Kier molecular flexibility index (Phi) is 4.12. The second-order valence-corrected chi connectivity index (χ2v) is 3.14. The van der Waals surface area contributed by atoms with Crippen molar-refractivity contribution in [1.82, 2.24) is 0 Å². The van der Waals surface area contributed by atoms with Crippen LogP contribution < -0.4 is 4.74 Å². The van der Waals surface area contributed by atoms with Gasteiger partial charge in [0.1, 0.15) is 5.75 Å². The molecule has 0 aliphatic heterocycles. The molecule has 0 spiro atoms. The number of carbonyl (C=O) groups is 1. The normalized spacial score (nSPS) is 14.1. The molecule has 1 rings (SSSR count). The fourth-order valence-corrected chi connectivity index (χ4v) is 1.05. The van der Waals surface area contributed by atoms with Gasteiger partial charge in [-0.1, -0.05) is 18.2 Å². The SMILES string of the molecule is CC(=O)OC(C)C(O)Oc1ccccc1. The Hall–Kier alpha value is -1.55. The predicted molar refractivity (Wildman–Crippen MR) is 54.3 cm³/mol. The van der Waals surface area contributed by atoms with Gasteiger partial charge in [-0.25, -0.2) is 0 Å². The minimum absolute atomic E-state index is 0.446. The molecule has 2 unspecified atom stereocenters. The van der Waals surface area contributed by atoms with Crippen LogP contribution >= 0.6 is 0 Å². The van der Waals surface area contributed by atoms with Crippen LogP contribution in [-0.4, -0.2) is 23.5 Å². The first-order chi connectivity index (χ1) is 7.09. The van der Waals surface area contributed by atoms with Gasteiger partial charge in [0.05, 0.1) is 0 Å². The Bertz CT molecular complexity index is 310. The molecule has 0 aliphatic rings. The van der Waals surface area contributed by atoms with E-state index in [-0.39, 0.29) is 0 Å². The fourth-order valence-electron chi connectivity index (χ4n) is 1.05. The summed E-state index contributed by atoms with van der Waals surface area (Å²) in [5.41, 5.74) is 0. The van der Waals surface area contributed by atoms with E-state index in [0.717, 1.165) is 0 Å². The van der Waals surface area contributed by atoms with Crippen LogP contribution in [0, 0.1) is 0 Å². The molecule has 4 heteroatoms.